The minimum Gasteiger partial charge on any atom is -0.481 e. The van der Waals surface area contributed by atoms with E-state index in [9.17, 15) is 9.90 Å². The maximum absolute atomic E-state index is 12.0. The van der Waals surface area contributed by atoms with Gasteiger partial charge in [0.1, 0.15) is 5.41 Å². The van der Waals surface area contributed by atoms with E-state index in [0.717, 1.165) is 49.3 Å². The van der Waals surface area contributed by atoms with Crippen molar-refractivity contribution < 1.29 is 14.6 Å². The van der Waals surface area contributed by atoms with Crippen LogP contribution in [0.5, 0.6) is 0 Å². The summed E-state index contributed by atoms with van der Waals surface area (Å²) in [6.45, 7) is 4.51. The number of hydrogen-bond acceptors (Lipinski definition) is 5. The second-order valence-corrected chi connectivity index (χ2v) is 8.58. The van der Waals surface area contributed by atoms with Crippen molar-refractivity contribution in [3.05, 3.63) is 36.3 Å². The molecule has 0 atom stereocenters. The lowest BCUT2D eigenvalue weighted by Crippen LogP contribution is -2.57. The number of nitrogens with zero attached hydrogens (tertiary/aromatic N) is 3. The number of aromatic amines is 1. The topological polar surface area (TPSA) is 91.3 Å². The fourth-order valence-electron chi connectivity index (χ4n) is 5.62. The summed E-state index contributed by atoms with van der Waals surface area (Å²) in [6, 6.07) is 3.94. The van der Waals surface area contributed by atoms with Crippen LogP contribution in [0, 0.1) is 5.41 Å². The first-order valence-corrected chi connectivity index (χ1v) is 9.54. The van der Waals surface area contributed by atoms with Gasteiger partial charge in [-0.15, -0.1) is 0 Å². The third kappa shape index (κ3) is 2.38. The van der Waals surface area contributed by atoms with Crippen LogP contribution >= 0.6 is 0 Å². The average Bonchev–Trinajstić information content (AvgIpc) is 3.26. The molecule has 4 aliphatic rings. The zero-order valence-electron chi connectivity index (χ0n) is 15.4. The van der Waals surface area contributed by atoms with Crippen LogP contribution in [0.15, 0.2) is 30.7 Å². The van der Waals surface area contributed by atoms with Gasteiger partial charge in [0.25, 0.3) is 0 Å². The van der Waals surface area contributed by atoms with Gasteiger partial charge >= 0.3 is 5.97 Å². The molecule has 0 unspecified atom stereocenters. The zero-order valence-corrected chi connectivity index (χ0v) is 15.4. The number of carboxylic acid groups (broad SMARTS) is 1. The van der Waals surface area contributed by atoms with E-state index in [4.69, 9.17) is 4.74 Å². The predicted octanol–water partition coefficient (Wildman–Crippen LogP) is 2.46. The van der Waals surface area contributed by atoms with Gasteiger partial charge in [-0.2, -0.15) is 5.10 Å². The minimum absolute atomic E-state index is 0.238. The van der Waals surface area contributed by atoms with E-state index in [2.05, 4.69) is 27.0 Å². The molecule has 0 aromatic carbocycles. The molecule has 4 fully saturated rings. The van der Waals surface area contributed by atoms with Crippen LogP contribution in [-0.2, 0) is 16.1 Å². The lowest BCUT2D eigenvalue weighted by Gasteiger charge is -2.47. The van der Waals surface area contributed by atoms with Crippen molar-refractivity contribution in [1.82, 2.24) is 20.1 Å². The Morgan fingerprint density at radius 3 is 2.78 bits per heavy atom. The molecule has 7 nitrogen and oxygen atoms in total. The number of H-pyrrole nitrogens is 1. The zero-order chi connectivity index (χ0) is 18.7. The standard InChI is InChI=1S/C20H24N4O3/c1-18-12-19(13-18,17(25)26)20(27-18)4-7-24(8-5-20)11-15-10-22-23-16(15)14-3-2-6-21-9-14/h2-3,6,9-10H,4-5,7-8,11-13H2,1H3,(H,22,23)(H,25,26). The van der Waals surface area contributed by atoms with E-state index >= 15 is 0 Å². The normalized spacial score (nSPS) is 31.7. The Kier molecular flexibility index (Phi) is 3.52. The van der Waals surface area contributed by atoms with E-state index in [1.165, 1.54) is 0 Å². The first-order valence-electron chi connectivity index (χ1n) is 9.54. The highest BCUT2D eigenvalue weighted by molar-refractivity contribution is 5.79. The number of hydrogen-bond donors (Lipinski definition) is 2. The molecule has 3 saturated heterocycles. The van der Waals surface area contributed by atoms with Crippen molar-refractivity contribution in [3.63, 3.8) is 0 Å². The Morgan fingerprint density at radius 1 is 1.33 bits per heavy atom. The van der Waals surface area contributed by atoms with Crippen molar-refractivity contribution in [2.75, 3.05) is 13.1 Å². The molecule has 3 aliphatic heterocycles. The van der Waals surface area contributed by atoms with Crippen LogP contribution in [-0.4, -0.2) is 55.4 Å². The number of rotatable bonds is 4. The van der Waals surface area contributed by atoms with Gasteiger partial charge in [0.15, 0.2) is 0 Å². The van der Waals surface area contributed by atoms with Gasteiger partial charge in [-0.05, 0) is 44.7 Å². The van der Waals surface area contributed by atoms with Crippen molar-refractivity contribution in [3.8, 4) is 11.3 Å². The minimum atomic E-state index is -0.681. The fraction of sp³-hybridized carbons (Fsp3) is 0.550. The van der Waals surface area contributed by atoms with Crippen LogP contribution in [0.1, 0.15) is 38.2 Å². The molecule has 142 valence electrons. The van der Waals surface area contributed by atoms with E-state index < -0.39 is 17.0 Å². The highest BCUT2D eigenvalue weighted by Crippen LogP contribution is 2.69. The molecule has 0 radical (unpaired) electrons. The molecule has 6 rings (SSSR count). The maximum Gasteiger partial charge on any atom is 0.312 e. The second-order valence-electron chi connectivity index (χ2n) is 8.58. The van der Waals surface area contributed by atoms with Crippen LogP contribution in [0.4, 0.5) is 0 Å². The molecule has 5 heterocycles. The molecule has 2 aromatic heterocycles. The molecule has 1 saturated carbocycles. The van der Waals surface area contributed by atoms with Gasteiger partial charge in [0.2, 0.25) is 0 Å². The SMILES string of the molecule is CC12CC(C(=O)O)(C1)C1(CCN(Cc3cn[nH]c3-c3cccnc3)CC1)O2. The Hall–Kier alpha value is -2.25. The highest BCUT2D eigenvalue weighted by atomic mass is 16.5. The largest absolute Gasteiger partial charge is 0.481 e. The lowest BCUT2D eigenvalue weighted by molar-refractivity contribution is -0.161. The van der Waals surface area contributed by atoms with Crippen molar-refractivity contribution in [2.24, 2.45) is 5.41 Å². The molecule has 27 heavy (non-hydrogen) atoms. The van der Waals surface area contributed by atoms with Gasteiger partial charge in [-0.25, -0.2) is 0 Å². The Labute approximate surface area is 157 Å². The summed E-state index contributed by atoms with van der Waals surface area (Å²) in [4.78, 5) is 18.6. The number of pyridine rings is 1. The molecule has 2 aromatic rings. The van der Waals surface area contributed by atoms with Gasteiger partial charge in [0.05, 0.1) is 23.1 Å². The number of nitrogens with one attached hydrogen (secondary N) is 1. The molecule has 1 spiro atoms. The first-order chi connectivity index (χ1) is 13.0. The molecule has 2 bridgehead atoms. The number of likely N-dealkylation sites (tertiary alicyclic amines) is 1. The smallest absolute Gasteiger partial charge is 0.312 e. The van der Waals surface area contributed by atoms with Crippen LogP contribution in [0.2, 0.25) is 0 Å². The Bertz CT molecular complexity index is 864. The maximum atomic E-state index is 12.0. The summed E-state index contributed by atoms with van der Waals surface area (Å²) < 4.78 is 6.36. The summed E-state index contributed by atoms with van der Waals surface area (Å²) in [5.74, 6) is -0.681. The highest BCUT2D eigenvalue weighted by Gasteiger charge is 2.76. The number of aliphatic carboxylic acids is 1. The quantitative estimate of drug-likeness (QED) is 0.861. The fourth-order valence-corrected chi connectivity index (χ4v) is 5.62. The van der Waals surface area contributed by atoms with Crippen molar-refractivity contribution >= 4 is 5.97 Å². The number of aromatic nitrogens is 3. The van der Waals surface area contributed by atoms with Crippen LogP contribution < -0.4 is 0 Å². The van der Waals surface area contributed by atoms with Gasteiger partial charge < -0.3 is 9.84 Å². The summed E-state index contributed by atoms with van der Waals surface area (Å²) in [5, 5.41) is 17.2. The number of carboxylic acids is 1. The molecular formula is C20H24N4O3. The van der Waals surface area contributed by atoms with E-state index in [0.29, 0.717) is 12.8 Å². The van der Waals surface area contributed by atoms with E-state index in [1.807, 2.05) is 24.5 Å². The molecular weight excluding hydrogens is 344 g/mol. The Balaban J connectivity index is 1.30. The van der Waals surface area contributed by atoms with Crippen LogP contribution in [0.3, 0.4) is 0 Å². The molecule has 0 amide bonds. The number of ether oxygens (including phenoxy) is 1. The summed E-state index contributed by atoms with van der Waals surface area (Å²) in [5.41, 5.74) is 1.75. The van der Waals surface area contributed by atoms with Gasteiger partial charge in [-0.1, -0.05) is 0 Å². The van der Waals surface area contributed by atoms with Gasteiger partial charge in [0, 0.05) is 43.2 Å². The predicted molar refractivity (Wildman–Crippen MR) is 97.9 cm³/mol. The van der Waals surface area contributed by atoms with Crippen LogP contribution in [0.25, 0.3) is 11.3 Å². The third-order valence-corrected chi connectivity index (χ3v) is 6.80. The average molecular weight is 368 g/mol. The summed E-state index contributed by atoms with van der Waals surface area (Å²) in [6.07, 6.45) is 8.32. The molecule has 1 aliphatic carbocycles. The monoisotopic (exact) mass is 368 g/mol. The van der Waals surface area contributed by atoms with E-state index in [1.54, 1.807) is 6.20 Å². The molecule has 7 heteroatoms. The Morgan fingerprint density at radius 2 is 2.11 bits per heavy atom. The number of piperidine rings is 1. The first kappa shape index (κ1) is 16.9. The van der Waals surface area contributed by atoms with Gasteiger partial charge in [-0.3, -0.25) is 19.8 Å². The summed E-state index contributed by atoms with van der Waals surface area (Å²) in [7, 11) is 0. The third-order valence-electron chi connectivity index (χ3n) is 6.80. The van der Waals surface area contributed by atoms with E-state index in [-0.39, 0.29) is 5.60 Å². The van der Waals surface area contributed by atoms with Crippen molar-refractivity contribution in [2.45, 2.75) is 50.4 Å². The molecule has 2 N–H and O–H groups in total. The second kappa shape index (κ2) is 5.62. The van der Waals surface area contributed by atoms with Crippen molar-refractivity contribution in [1.29, 1.82) is 0 Å². The number of carbonyl (C=O) groups is 1. The summed E-state index contributed by atoms with van der Waals surface area (Å²) >= 11 is 0. The lowest BCUT2D eigenvalue weighted by atomic mass is 9.54.